The Morgan fingerprint density at radius 2 is 1.96 bits per heavy atom. The van der Waals surface area contributed by atoms with Gasteiger partial charge in [0.2, 0.25) is 11.8 Å². The number of rotatable bonds is 2. The second-order valence-corrected chi connectivity index (χ2v) is 6.89. The average molecular weight is 342 g/mol. The van der Waals surface area contributed by atoms with E-state index in [9.17, 15) is 15.3 Å². The SMILES string of the molecule is COc1cc(-n2c(O)c3c(c2O)[C@]2(C)C[C@@H](O)[C@@]3(C)O2)ccc1C#N. The molecule has 7 nitrogen and oxygen atoms in total. The van der Waals surface area contributed by atoms with Gasteiger partial charge in [-0.3, -0.25) is 4.57 Å². The third-order valence-electron chi connectivity index (χ3n) is 5.37. The van der Waals surface area contributed by atoms with Crippen LogP contribution >= 0.6 is 0 Å². The number of aliphatic hydroxyl groups excluding tert-OH is 1. The lowest BCUT2D eigenvalue weighted by atomic mass is 9.78. The molecule has 0 saturated carbocycles. The molecule has 1 saturated heterocycles. The summed E-state index contributed by atoms with van der Waals surface area (Å²) in [5.41, 5.74) is -0.264. The molecule has 2 aliphatic heterocycles. The van der Waals surface area contributed by atoms with Crippen molar-refractivity contribution in [1.82, 2.24) is 4.57 Å². The van der Waals surface area contributed by atoms with E-state index in [4.69, 9.17) is 14.7 Å². The van der Waals surface area contributed by atoms with Gasteiger partial charge in [-0.1, -0.05) is 0 Å². The molecule has 0 amide bonds. The van der Waals surface area contributed by atoms with Crippen LogP contribution in [0, 0.1) is 11.3 Å². The Kier molecular flexibility index (Phi) is 2.96. The van der Waals surface area contributed by atoms with Gasteiger partial charge in [-0.05, 0) is 26.0 Å². The summed E-state index contributed by atoms with van der Waals surface area (Å²) >= 11 is 0. The normalized spacial score (nSPS) is 29.5. The maximum absolute atomic E-state index is 10.8. The number of hydrogen-bond acceptors (Lipinski definition) is 6. The van der Waals surface area contributed by atoms with E-state index in [0.717, 1.165) is 0 Å². The third kappa shape index (κ3) is 1.75. The van der Waals surface area contributed by atoms with E-state index < -0.39 is 17.3 Å². The predicted octanol–water partition coefficient (Wildman–Crippen LogP) is 1.99. The summed E-state index contributed by atoms with van der Waals surface area (Å²) in [5, 5.41) is 41.1. The van der Waals surface area contributed by atoms with Crippen molar-refractivity contribution in [3.63, 3.8) is 0 Å². The van der Waals surface area contributed by atoms with E-state index in [1.54, 1.807) is 32.0 Å². The zero-order valence-electron chi connectivity index (χ0n) is 14.1. The van der Waals surface area contributed by atoms with Gasteiger partial charge in [-0.2, -0.15) is 5.26 Å². The highest BCUT2D eigenvalue weighted by Crippen LogP contribution is 2.64. The molecule has 1 fully saturated rings. The van der Waals surface area contributed by atoms with Crippen LogP contribution in [0.15, 0.2) is 18.2 Å². The number of fused-ring (bicyclic) bond motifs is 5. The average Bonchev–Trinajstić information content (AvgIpc) is 3.08. The largest absolute Gasteiger partial charge is 0.495 e. The fourth-order valence-electron chi connectivity index (χ4n) is 4.19. The molecule has 0 spiro atoms. The van der Waals surface area contributed by atoms with Crippen molar-refractivity contribution in [3.05, 3.63) is 34.9 Å². The first-order valence-corrected chi connectivity index (χ1v) is 7.91. The van der Waals surface area contributed by atoms with Gasteiger partial charge >= 0.3 is 0 Å². The summed E-state index contributed by atoms with van der Waals surface area (Å²) in [4.78, 5) is 0. The monoisotopic (exact) mass is 342 g/mol. The minimum absolute atomic E-state index is 0.141. The lowest BCUT2D eigenvalue weighted by Gasteiger charge is -2.25. The zero-order valence-corrected chi connectivity index (χ0v) is 14.1. The summed E-state index contributed by atoms with van der Waals surface area (Å²) in [6.45, 7) is 3.49. The Labute approximate surface area is 144 Å². The highest BCUT2D eigenvalue weighted by Gasteiger charge is 2.64. The third-order valence-corrected chi connectivity index (χ3v) is 5.37. The first kappa shape index (κ1) is 15.8. The summed E-state index contributed by atoms with van der Waals surface area (Å²) < 4.78 is 12.4. The topological polar surface area (TPSA) is 108 Å². The molecule has 2 aromatic rings. The fraction of sp³-hybridized carbons (Fsp3) is 0.389. The molecule has 3 heterocycles. The van der Waals surface area contributed by atoms with E-state index >= 15 is 0 Å². The molecule has 0 radical (unpaired) electrons. The molecule has 1 aromatic carbocycles. The van der Waals surface area contributed by atoms with Gasteiger partial charge in [0.25, 0.3) is 0 Å². The highest BCUT2D eigenvalue weighted by molar-refractivity contribution is 5.62. The first-order chi connectivity index (χ1) is 11.8. The minimum atomic E-state index is -1.08. The molecule has 0 unspecified atom stereocenters. The minimum Gasteiger partial charge on any atom is -0.495 e. The van der Waals surface area contributed by atoms with E-state index in [1.807, 2.05) is 6.07 Å². The van der Waals surface area contributed by atoms with E-state index in [2.05, 4.69) is 0 Å². The van der Waals surface area contributed by atoms with Crippen LogP contribution in [-0.2, 0) is 15.9 Å². The lowest BCUT2D eigenvalue weighted by molar-refractivity contribution is -0.0936. The molecule has 3 atom stereocenters. The number of ether oxygens (including phenoxy) is 2. The Morgan fingerprint density at radius 1 is 1.28 bits per heavy atom. The smallest absolute Gasteiger partial charge is 0.205 e. The number of aromatic hydroxyl groups is 2. The second kappa shape index (κ2) is 4.69. The Morgan fingerprint density at radius 3 is 2.60 bits per heavy atom. The quantitative estimate of drug-likeness (QED) is 0.770. The predicted molar refractivity (Wildman–Crippen MR) is 86.8 cm³/mol. The van der Waals surface area contributed by atoms with E-state index in [0.29, 0.717) is 34.5 Å². The Balaban J connectivity index is 1.97. The standard InChI is InChI=1S/C18H18N2O5/c1-17-7-12(21)18(2,25-17)14-13(17)15(22)20(16(14)23)10-5-4-9(8-19)11(6-10)24-3/h4-6,12,21-23H,7H2,1-3H3/t12-,17+,18-/m1/s1. The van der Waals surface area contributed by atoms with Crippen LogP contribution in [0.25, 0.3) is 5.69 Å². The van der Waals surface area contributed by atoms with Gasteiger partial charge < -0.3 is 24.8 Å². The lowest BCUT2D eigenvalue weighted by Crippen LogP contribution is -2.32. The van der Waals surface area contributed by atoms with Gasteiger partial charge in [-0.25, -0.2) is 0 Å². The molecule has 1 aromatic heterocycles. The zero-order chi connectivity index (χ0) is 18.1. The van der Waals surface area contributed by atoms with Gasteiger partial charge in [0, 0.05) is 12.5 Å². The van der Waals surface area contributed by atoms with Gasteiger partial charge in [0.05, 0.1) is 41.2 Å². The van der Waals surface area contributed by atoms with Crippen molar-refractivity contribution in [2.45, 2.75) is 37.6 Å². The summed E-state index contributed by atoms with van der Waals surface area (Å²) in [7, 11) is 1.45. The first-order valence-electron chi connectivity index (χ1n) is 7.91. The van der Waals surface area contributed by atoms with Crippen molar-refractivity contribution in [2.75, 3.05) is 7.11 Å². The van der Waals surface area contributed by atoms with E-state index in [-0.39, 0.29) is 11.8 Å². The summed E-state index contributed by atoms with van der Waals surface area (Å²) in [5.74, 6) is 0.00552. The second-order valence-electron chi connectivity index (χ2n) is 6.89. The molecular weight excluding hydrogens is 324 g/mol. The molecule has 2 bridgehead atoms. The Hall–Kier alpha value is -2.69. The number of aliphatic hydroxyl groups is 1. The van der Waals surface area contributed by atoms with E-state index in [1.165, 1.54) is 11.7 Å². The highest BCUT2D eigenvalue weighted by atomic mass is 16.6. The van der Waals surface area contributed by atoms with Crippen molar-refractivity contribution in [1.29, 1.82) is 5.26 Å². The maximum atomic E-state index is 10.8. The van der Waals surface area contributed by atoms with Crippen LogP contribution in [0.3, 0.4) is 0 Å². The van der Waals surface area contributed by atoms with Gasteiger partial charge in [0.15, 0.2) is 0 Å². The summed E-state index contributed by atoms with van der Waals surface area (Å²) in [6.07, 6.45) is -0.439. The summed E-state index contributed by atoms with van der Waals surface area (Å²) in [6, 6.07) is 6.76. The Bertz CT molecular complexity index is 944. The fourth-order valence-corrected chi connectivity index (χ4v) is 4.19. The number of methoxy groups -OCH3 is 1. The van der Waals surface area contributed by atoms with Gasteiger partial charge in [0.1, 0.15) is 17.4 Å². The van der Waals surface area contributed by atoms with Crippen LogP contribution in [-0.4, -0.2) is 33.1 Å². The van der Waals surface area contributed by atoms with Crippen molar-refractivity contribution in [2.24, 2.45) is 0 Å². The number of hydrogen-bond donors (Lipinski definition) is 3. The van der Waals surface area contributed by atoms with Crippen LogP contribution in [0.4, 0.5) is 0 Å². The number of benzene rings is 1. The van der Waals surface area contributed by atoms with Crippen LogP contribution < -0.4 is 4.74 Å². The van der Waals surface area contributed by atoms with Crippen molar-refractivity contribution in [3.8, 4) is 29.3 Å². The number of aromatic nitrogens is 1. The molecule has 4 rings (SSSR count). The molecule has 2 aliphatic rings. The number of nitrogens with zero attached hydrogens (tertiary/aromatic N) is 2. The molecule has 0 aliphatic carbocycles. The van der Waals surface area contributed by atoms with Crippen LogP contribution in [0.2, 0.25) is 0 Å². The molecule has 25 heavy (non-hydrogen) atoms. The number of nitriles is 1. The molecule has 7 heteroatoms. The van der Waals surface area contributed by atoms with Crippen molar-refractivity contribution >= 4 is 0 Å². The molecule has 130 valence electrons. The molecular formula is C18H18N2O5. The molecule has 3 N–H and O–H groups in total. The van der Waals surface area contributed by atoms with Gasteiger partial charge in [-0.15, -0.1) is 0 Å². The maximum Gasteiger partial charge on any atom is 0.205 e. The van der Waals surface area contributed by atoms with Crippen molar-refractivity contribution < 1.29 is 24.8 Å². The van der Waals surface area contributed by atoms with Crippen LogP contribution in [0.1, 0.15) is 37.0 Å². The van der Waals surface area contributed by atoms with Crippen LogP contribution in [0.5, 0.6) is 17.5 Å².